The molecule has 228 valence electrons. The number of carbonyl (C=O) groups excluding carboxylic acids is 2. The standard InChI is InChI=1S/C20H23N3O3.C2F6NO4S2/c1-3-4-7-18-8-5-6-11-23(18)12-13-26-20(25)22-17-10-9-16(2)19(14-17)21-15-24;3-1(4,5)14(10,11)9-15(12,13)2(6,7)8/h5-6,8-11,14H,3-4,7,12-13H2,1-2H3;/q;-1/p+1. The highest BCUT2D eigenvalue weighted by molar-refractivity contribution is 8.13. The van der Waals surface area contributed by atoms with Gasteiger partial charge in [0.2, 0.25) is 6.08 Å². The maximum absolute atomic E-state index is 12.0. The highest BCUT2D eigenvalue weighted by Crippen LogP contribution is 2.36. The third-order valence-corrected chi connectivity index (χ3v) is 7.53. The van der Waals surface area contributed by atoms with Gasteiger partial charge in [-0.15, -0.1) is 0 Å². The molecule has 0 aliphatic rings. The summed E-state index contributed by atoms with van der Waals surface area (Å²) < 4.78 is 117. The van der Waals surface area contributed by atoms with Gasteiger partial charge >= 0.3 is 17.1 Å². The molecular formula is C22H24F6N4O7S2. The van der Waals surface area contributed by atoms with Crippen LogP contribution in [0, 0.1) is 6.92 Å². The smallest absolute Gasteiger partial charge is 0.443 e. The van der Waals surface area contributed by atoms with E-state index in [9.17, 15) is 52.8 Å². The number of aliphatic imine (C=N–C) groups is 1. The van der Waals surface area contributed by atoms with Gasteiger partial charge in [0, 0.05) is 24.2 Å². The first-order chi connectivity index (χ1) is 18.8. The summed E-state index contributed by atoms with van der Waals surface area (Å²) in [6.45, 7) is 4.86. The largest absolute Gasteiger partial charge is 0.480 e. The lowest BCUT2D eigenvalue weighted by Gasteiger charge is -2.22. The van der Waals surface area contributed by atoms with Gasteiger partial charge in [0.05, 0.1) is 5.69 Å². The van der Waals surface area contributed by atoms with E-state index in [4.69, 9.17) is 4.74 Å². The Kier molecular flexibility index (Phi) is 12.9. The number of pyridine rings is 1. The van der Waals surface area contributed by atoms with Gasteiger partial charge in [0.15, 0.2) is 45.1 Å². The molecule has 0 radical (unpaired) electrons. The molecule has 1 heterocycles. The average Bonchev–Trinajstić information content (AvgIpc) is 2.84. The number of carbonyl (C=O) groups is 1. The number of nitrogens with one attached hydrogen (secondary N) is 1. The minimum atomic E-state index is -6.72. The van der Waals surface area contributed by atoms with E-state index in [1.165, 1.54) is 11.8 Å². The predicted molar refractivity (Wildman–Crippen MR) is 132 cm³/mol. The molecule has 11 nitrogen and oxygen atoms in total. The molecule has 0 saturated heterocycles. The van der Waals surface area contributed by atoms with Crippen LogP contribution < -0.4 is 9.88 Å². The third kappa shape index (κ3) is 11.5. The van der Waals surface area contributed by atoms with Crippen LogP contribution in [0.5, 0.6) is 0 Å². The fraction of sp³-hybridized carbons (Fsp3) is 0.409. The number of amides is 1. The van der Waals surface area contributed by atoms with E-state index in [1.807, 2.05) is 25.3 Å². The molecule has 1 N–H and O–H groups in total. The predicted octanol–water partition coefficient (Wildman–Crippen LogP) is 4.90. The highest BCUT2D eigenvalue weighted by atomic mass is 32.3. The number of halogens is 6. The number of aromatic nitrogens is 1. The zero-order chi connectivity index (χ0) is 31.5. The summed E-state index contributed by atoms with van der Waals surface area (Å²) in [5.41, 5.74) is -9.36. The van der Waals surface area contributed by atoms with Crippen LogP contribution in [-0.2, 0) is 42.5 Å². The topological polar surface area (TPSA) is 154 Å². The van der Waals surface area contributed by atoms with Crippen LogP contribution in [0.4, 0.5) is 42.5 Å². The van der Waals surface area contributed by atoms with Crippen LogP contribution in [0.15, 0.2) is 47.6 Å². The van der Waals surface area contributed by atoms with Gasteiger partial charge in [-0.2, -0.15) is 35.9 Å². The number of aryl methyl sites for hydroxylation is 2. The Hall–Kier alpha value is -3.54. The second-order valence-electron chi connectivity index (χ2n) is 7.87. The minimum Gasteiger partial charge on any atom is -0.443 e. The maximum atomic E-state index is 12.0. The number of alkyl halides is 6. The summed E-state index contributed by atoms with van der Waals surface area (Å²) in [5.74, 6) is 0. The number of anilines is 1. The molecule has 19 heteroatoms. The molecule has 0 unspecified atom stereocenters. The van der Waals surface area contributed by atoms with Crippen LogP contribution >= 0.6 is 0 Å². The molecule has 0 spiro atoms. The van der Waals surface area contributed by atoms with E-state index in [0.29, 0.717) is 17.9 Å². The fourth-order valence-electron chi connectivity index (χ4n) is 2.78. The van der Waals surface area contributed by atoms with Gasteiger partial charge in [-0.25, -0.2) is 26.4 Å². The van der Waals surface area contributed by atoms with Gasteiger partial charge < -0.3 is 8.86 Å². The quantitative estimate of drug-likeness (QED) is 0.169. The molecule has 1 amide bonds. The van der Waals surface area contributed by atoms with E-state index in [-0.39, 0.29) is 6.61 Å². The number of rotatable bonds is 10. The van der Waals surface area contributed by atoms with Crippen molar-refractivity contribution in [1.82, 2.24) is 0 Å². The highest BCUT2D eigenvalue weighted by Gasteiger charge is 2.46. The van der Waals surface area contributed by atoms with Gasteiger partial charge in [0.1, 0.15) is 0 Å². The van der Waals surface area contributed by atoms with E-state index < -0.39 is 37.2 Å². The Labute approximate surface area is 231 Å². The van der Waals surface area contributed by atoms with Crippen molar-refractivity contribution in [1.29, 1.82) is 0 Å². The monoisotopic (exact) mass is 634 g/mol. The normalized spacial score (nSPS) is 12.0. The number of hydrogen-bond acceptors (Lipinski definition) is 8. The first kappa shape index (κ1) is 35.5. The van der Waals surface area contributed by atoms with Crippen molar-refractivity contribution in [3.8, 4) is 0 Å². The Balaban J connectivity index is 0.000000479. The molecule has 0 bridgehead atoms. The SMILES string of the molecule is CCCCc1cccc[n+]1CCOC(=O)Nc1ccc(C)c(N=C=O)c1.O=S(=O)([N-]S(=O)(=O)C(F)(F)F)C(F)(F)F. The Morgan fingerprint density at radius 1 is 1.05 bits per heavy atom. The fourth-order valence-corrected chi connectivity index (χ4v) is 4.49. The van der Waals surface area contributed by atoms with Crippen LogP contribution in [-0.4, -0.2) is 46.6 Å². The Morgan fingerprint density at radius 3 is 2.20 bits per heavy atom. The first-order valence-electron chi connectivity index (χ1n) is 11.3. The number of hydrogen-bond donors (Lipinski definition) is 1. The van der Waals surface area contributed by atoms with Gasteiger partial charge in [-0.05, 0) is 31.0 Å². The minimum absolute atomic E-state index is 0.269. The average molecular weight is 635 g/mol. The molecular weight excluding hydrogens is 610 g/mol. The Bertz CT molecular complexity index is 1420. The van der Waals surface area contributed by atoms with Crippen molar-refractivity contribution in [2.24, 2.45) is 4.99 Å². The maximum Gasteiger partial charge on any atom is 0.480 e. The summed E-state index contributed by atoms with van der Waals surface area (Å²) in [7, 11) is -13.4. The Morgan fingerprint density at radius 2 is 1.66 bits per heavy atom. The van der Waals surface area contributed by atoms with Gasteiger partial charge in [-0.1, -0.05) is 25.5 Å². The van der Waals surface area contributed by atoms with E-state index in [0.717, 1.165) is 29.0 Å². The third-order valence-electron chi connectivity index (χ3n) is 4.79. The summed E-state index contributed by atoms with van der Waals surface area (Å²) in [6, 6.07) is 11.2. The molecule has 0 fully saturated rings. The number of sulfonamides is 2. The van der Waals surface area contributed by atoms with Gasteiger partial charge in [0.25, 0.3) is 0 Å². The van der Waals surface area contributed by atoms with E-state index in [2.05, 4.69) is 27.9 Å². The van der Waals surface area contributed by atoms with Crippen LogP contribution in [0.25, 0.3) is 4.13 Å². The van der Waals surface area contributed by atoms with Crippen LogP contribution in [0.1, 0.15) is 31.0 Å². The van der Waals surface area contributed by atoms with Crippen molar-refractivity contribution in [3.63, 3.8) is 0 Å². The zero-order valence-electron chi connectivity index (χ0n) is 21.4. The molecule has 0 atom stereocenters. The molecule has 0 aliphatic heterocycles. The number of ether oxygens (including phenoxy) is 1. The van der Waals surface area contributed by atoms with Crippen molar-refractivity contribution in [3.05, 3.63) is 58.0 Å². The molecule has 41 heavy (non-hydrogen) atoms. The summed E-state index contributed by atoms with van der Waals surface area (Å²) in [5, 5.41) is 2.64. The lowest BCUT2D eigenvalue weighted by Crippen LogP contribution is -2.40. The number of benzene rings is 1. The second kappa shape index (κ2) is 14.9. The summed E-state index contributed by atoms with van der Waals surface area (Å²) >= 11 is 0. The number of isocyanates is 1. The molecule has 0 saturated carbocycles. The lowest BCUT2D eigenvalue weighted by molar-refractivity contribution is -0.705. The molecule has 1 aromatic heterocycles. The van der Waals surface area contributed by atoms with Crippen LogP contribution in [0.3, 0.4) is 0 Å². The first-order valence-corrected chi connectivity index (χ1v) is 14.2. The van der Waals surface area contributed by atoms with Gasteiger partial charge in [-0.3, -0.25) is 5.32 Å². The lowest BCUT2D eigenvalue weighted by atomic mass is 10.2. The molecule has 0 aliphatic carbocycles. The molecule has 1 aromatic carbocycles. The van der Waals surface area contributed by atoms with E-state index >= 15 is 0 Å². The van der Waals surface area contributed by atoms with Crippen LogP contribution in [0.2, 0.25) is 0 Å². The van der Waals surface area contributed by atoms with Crippen molar-refractivity contribution >= 4 is 43.6 Å². The summed E-state index contributed by atoms with van der Waals surface area (Å²) in [4.78, 5) is 26.0. The zero-order valence-corrected chi connectivity index (χ0v) is 23.0. The summed E-state index contributed by atoms with van der Waals surface area (Å²) in [6.07, 6.45) is 6.24. The number of unbranched alkanes of at least 4 members (excludes halogenated alkanes) is 1. The van der Waals surface area contributed by atoms with Crippen molar-refractivity contribution in [2.75, 3.05) is 11.9 Å². The van der Waals surface area contributed by atoms with E-state index in [1.54, 1.807) is 18.2 Å². The second-order valence-corrected chi connectivity index (χ2v) is 11.3. The van der Waals surface area contributed by atoms with Crippen molar-refractivity contribution in [2.45, 2.75) is 50.7 Å². The molecule has 2 rings (SSSR count). The molecule has 2 aromatic rings. The van der Waals surface area contributed by atoms with Crippen molar-refractivity contribution < 1.29 is 62.1 Å². The number of nitrogens with zero attached hydrogens (tertiary/aromatic N) is 3.